The largest absolute Gasteiger partial charge is 0.480 e. The quantitative estimate of drug-likeness (QED) is 0.907. The minimum absolute atomic E-state index is 0.196. The fraction of sp³-hybridized carbons (Fsp3) is 0.562. The van der Waals surface area contributed by atoms with E-state index in [1.165, 1.54) is 5.56 Å². The average molecular weight is 274 g/mol. The summed E-state index contributed by atoms with van der Waals surface area (Å²) in [5.74, 6) is 0.570. The Hall–Kier alpha value is -1.39. The van der Waals surface area contributed by atoms with Gasteiger partial charge in [0.05, 0.1) is 6.54 Å². The van der Waals surface area contributed by atoms with E-state index in [0.29, 0.717) is 17.9 Å². The van der Waals surface area contributed by atoms with Gasteiger partial charge in [0.1, 0.15) is 0 Å². The van der Waals surface area contributed by atoms with E-state index in [-0.39, 0.29) is 6.54 Å². The van der Waals surface area contributed by atoms with Crippen LogP contribution < -0.4 is 0 Å². The molecule has 20 heavy (non-hydrogen) atoms. The van der Waals surface area contributed by atoms with E-state index in [2.05, 4.69) is 47.1 Å². The maximum atomic E-state index is 10.8. The van der Waals surface area contributed by atoms with E-state index < -0.39 is 5.97 Å². The van der Waals surface area contributed by atoms with Gasteiger partial charge in [0, 0.05) is 32.2 Å². The van der Waals surface area contributed by atoms with E-state index in [9.17, 15) is 4.79 Å². The molecule has 2 fully saturated rings. The first-order valence-corrected chi connectivity index (χ1v) is 7.36. The molecule has 3 atom stereocenters. The lowest BCUT2D eigenvalue weighted by atomic mass is 10.0. The summed E-state index contributed by atoms with van der Waals surface area (Å²) in [5.41, 5.74) is 1.37. The fourth-order valence-electron chi connectivity index (χ4n) is 3.71. The zero-order valence-corrected chi connectivity index (χ0v) is 11.9. The molecule has 2 saturated heterocycles. The van der Waals surface area contributed by atoms with Crippen molar-refractivity contribution in [3.8, 4) is 0 Å². The Balaban J connectivity index is 1.59. The zero-order valence-electron chi connectivity index (χ0n) is 11.9. The maximum Gasteiger partial charge on any atom is 0.317 e. The molecule has 1 aromatic rings. The molecule has 0 amide bonds. The van der Waals surface area contributed by atoms with Gasteiger partial charge in [-0.05, 0) is 24.3 Å². The normalized spacial score (nSPS) is 28.4. The minimum Gasteiger partial charge on any atom is -0.480 e. The molecule has 2 heterocycles. The molecule has 0 saturated carbocycles. The molecule has 0 bridgehead atoms. The van der Waals surface area contributed by atoms with Crippen molar-refractivity contribution >= 4 is 5.97 Å². The summed E-state index contributed by atoms with van der Waals surface area (Å²) in [6, 6.07) is 11.1. The Bertz CT molecular complexity index is 463. The Kier molecular flexibility index (Phi) is 3.76. The van der Waals surface area contributed by atoms with Gasteiger partial charge in [-0.15, -0.1) is 0 Å². The van der Waals surface area contributed by atoms with Crippen molar-refractivity contribution < 1.29 is 9.90 Å². The number of fused-ring (bicyclic) bond motifs is 1. The van der Waals surface area contributed by atoms with Crippen molar-refractivity contribution in [2.75, 3.05) is 32.7 Å². The summed E-state index contributed by atoms with van der Waals surface area (Å²) in [7, 11) is 0. The molecule has 4 nitrogen and oxygen atoms in total. The molecule has 4 heteroatoms. The van der Waals surface area contributed by atoms with Crippen molar-refractivity contribution in [2.24, 2.45) is 11.8 Å². The van der Waals surface area contributed by atoms with Crippen LogP contribution in [0.25, 0.3) is 0 Å². The molecule has 0 aliphatic carbocycles. The van der Waals surface area contributed by atoms with Crippen LogP contribution >= 0.6 is 0 Å². The SMILES string of the molecule is C[C@@H](c1ccccc1)N1C[C@H]2CN(CC(=O)O)C[C@H]2C1. The van der Waals surface area contributed by atoms with Gasteiger partial charge in [0.2, 0.25) is 0 Å². The number of benzene rings is 1. The van der Waals surface area contributed by atoms with Gasteiger partial charge >= 0.3 is 5.97 Å². The predicted octanol–water partition coefficient (Wildman–Crippen LogP) is 1.70. The molecule has 108 valence electrons. The fourth-order valence-corrected chi connectivity index (χ4v) is 3.71. The predicted molar refractivity (Wildman–Crippen MR) is 77.5 cm³/mol. The molecule has 2 aliphatic rings. The second-order valence-corrected chi connectivity index (χ2v) is 6.15. The molecule has 0 spiro atoms. The minimum atomic E-state index is -0.709. The molecule has 1 aromatic carbocycles. The number of hydrogen-bond acceptors (Lipinski definition) is 3. The van der Waals surface area contributed by atoms with Gasteiger partial charge in [-0.25, -0.2) is 0 Å². The lowest BCUT2D eigenvalue weighted by Crippen LogP contribution is -2.33. The van der Waals surface area contributed by atoms with Gasteiger partial charge in [-0.1, -0.05) is 30.3 Å². The van der Waals surface area contributed by atoms with Crippen LogP contribution in [0.5, 0.6) is 0 Å². The summed E-state index contributed by atoms with van der Waals surface area (Å²) in [6.45, 7) is 6.53. The number of hydrogen-bond donors (Lipinski definition) is 1. The lowest BCUT2D eigenvalue weighted by Gasteiger charge is -2.26. The number of carbonyl (C=O) groups is 1. The Morgan fingerprint density at radius 2 is 1.80 bits per heavy atom. The van der Waals surface area contributed by atoms with Crippen LogP contribution in [-0.4, -0.2) is 53.6 Å². The van der Waals surface area contributed by atoms with E-state index in [0.717, 1.165) is 26.2 Å². The Morgan fingerprint density at radius 3 is 2.35 bits per heavy atom. The van der Waals surface area contributed by atoms with Gasteiger partial charge in [-0.2, -0.15) is 0 Å². The standard InChI is InChI=1S/C16H22N2O2/c1-12(13-5-3-2-4-6-13)18-9-14-7-17(11-16(19)20)8-15(14)10-18/h2-6,12,14-15H,7-11H2,1H3,(H,19,20)/t12-,14-,15+/m0/s1. The summed E-state index contributed by atoms with van der Waals surface area (Å²) in [4.78, 5) is 15.4. The van der Waals surface area contributed by atoms with Gasteiger partial charge in [-0.3, -0.25) is 14.6 Å². The van der Waals surface area contributed by atoms with Gasteiger partial charge in [0.15, 0.2) is 0 Å². The topological polar surface area (TPSA) is 43.8 Å². The third kappa shape index (κ3) is 2.72. The first kappa shape index (κ1) is 13.6. The molecular formula is C16H22N2O2. The molecular weight excluding hydrogens is 252 g/mol. The van der Waals surface area contributed by atoms with Crippen LogP contribution in [0.15, 0.2) is 30.3 Å². The van der Waals surface area contributed by atoms with Crippen molar-refractivity contribution in [3.05, 3.63) is 35.9 Å². The smallest absolute Gasteiger partial charge is 0.317 e. The van der Waals surface area contributed by atoms with Gasteiger partial charge in [0.25, 0.3) is 0 Å². The van der Waals surface area contributed by atoms with E-state index in [1.807, 2.05) is 0 Å². The third-order valence-electron chi connectivity index (χ3n) is 4.78. The second-order valence-electron chi connectivity index (χ2n) is 6.15. The Morgan fingerprint density at radius 1 is 1.20 bits per heavy atom. The summed E-state index contributed by atoms with van der Waals surface area (Å²) in [6.07, 6.45) is 0. The summed E-state index contributed by atoms with van der Waals surface area (Å²) >= 11 is 0. The van der Waals surface area contributed by atoms with Gasteiger partial charge < -0.3 is 5.11 Å². The highest BCUT2D eigenvalue weighted by Crippen LogP contribution is 2.35. The lowest BCUT2D eigenvalue weighted by molar-refractivity contribution is -0.138. The molecule has 0 unspecified atom stereocenters. The molecule has 0 aromatic heterocycles. The first-order chi connectivity index (χ1) is 9.63. The number of aliphatic carboxylic acids is 1. The highest BCUT2D eigenvalue weighted by Gasteiger charge is 2.41. The van der Waals surface area contributed by atoms with Crippen LogP contribution in [0.4, 0.5) is 0 Å². The van der Waals surface area contributed by atoms with Crippen molar-refractivity contribution in [1.82, 2.24) is 9.80 Å². The average Bonchev–Trinajstić information content (AvgIpc) is 2.96. The number of carboxylic acid groups (broad SMARTS) is 1. The second kappa shape index (κ2) is 5.54. The van der Waals surface area contributed by atoms with E-state index in [1.54, 1.807) is 0 Å². The van der Waals surface area contributed by atoms with Crippen LogP contribution in [0.2, 0.25) is 0 Å². The monoisotopic (exact) mass is 274 g/mol. The maximum absolute atomic E-state index is 10.8. The highest BCUT2D eigenvalue weighted by molar-refractivity contribution is 5.69. The van der Waals surface area contributed by atoms with Crippen molar-refractivity contribution in [3.63, 3.8) is 0 Å². The summed E-state index contributed by atoms with van der Waals surface area (Å²) in [5, 5.41) is 8.87. The number of nitrogens with zero attached hydrogens (tertiary/aromatic N) is 2. The van der Waals surface area contributed by atoms with Crippen LogP contribution in [-0.2, 0) is 4.79 Å². The zero-order chi connectivity index (χ0) is 14.1. The summed E-state index contributed by atoms with van der Waals surface area (Å²) < 4.78 is 0. The number of likely N-dealkylation sites (tertiary alicyclic amines) is 2. The number of carboxylic acids is 1. The van der Waals surface area contributed by atoms with E-state index >= 15 is 0 Å². The molecule has 0 radical (unpaired) electrons. The molecule has 3 rings (SSSR count). The third-order valence-corrected chi connectivity index (χ3v) is 4.78. The molecule has 1 N–H and O–H groups in total. The highest BCUT2D eigenvalue weighted by atomic mass is 16.4. The van der Waals surface area contributed by atoms with Crippen molar-refractivity contribution in [1.29, 1.82) is 0 Å². The van der Waals surface area contributed by atoms with Crippen molar-refractivity contribution in [2.45, 2.75) is 13.0 Å². The van der Waals surface area contributed by atoms with E-state index in [4.69, 9.17) is 5.11 Å². The first-order valence-electron chi connectivity index (χ1n) is 7.36. The van der Waals surface area contributed by atoms with Crippen LogP contribution in [0, 0.1) is 11.8 Å². The number of rotatable bonds is 4. The van der Waals surface area contributed by atoms with Crippen LogP contribution in [0.1, 0.15) is 18.5 Å². The molecule has 2 aliphatic heterocycles. The Labute approximate surface area is 120 Å². The van der Waals surface area contributed by atoms with Crippen LogP contribution in [0.3, 0.4) is 0 Å².